The molecule has 2 N–H and O–H groups in total. The molecule has 0 aromatic rings. The molecule has 1 aliphatic rings. The number of carbonyl (C=O) groups is 1. The molecule has 0 spiro atoms. The van der Waals surface area contributed by atoms with Crippen LogP contribution in [0.4, 0.5) is 0 Å². The highest BCUT2D eigenvalue weighted by atomic mass is 16.1. The standard InChI is InChI=1S/C9H15NO/c1-2-8(11)7-9(10)5-3-4-6-9/h2H,1,3-7,10H2. The van der Waals surface area contributed by atoms with E-state index in [1.807, 2.05) is 0 Å². The lowest BCUT2D eigenvalue weighted by molar-refractivity contribution is -0.115. The summed E-state index contributed by atoms with van der Waals surface area (Å²) in [6, 6.07) is 0. The van der Waals surface area contributed by atoms with Crippen LogP contribution in [-0.2, 0) is 4.79 Å². The van der Waals surface area contributed by atoms with Crippen molar-refractivity contribution in [3.63, 3.8) is 0 Å². The molecule has 62 valence electrons. The van der Waals surface area contributed by atoms with Crippen LogP contribution in [0, 0.1) is 0 Å². The summed E-state index contributed by atoms with van der Waals surface area (Å²) in [6.07, 6.45) is 6.17. The Morgan fingerprint density at radius 2 is 2.09 bits per heavy atom. The van der Waals surface area contributed by atoms with Crippen LogP contribution in [0.25, 0.3) is 0 Å². The summed E-state index contributed by atoms with van der Waals surface area (Å²) in [5.74, 6) is 0.0781. The van der Waals surface area contributed by atoms with Crippen molar-refractivity contribution in [2.45, 2.75) is 37.6 Å². The first-order valence-corrected chi connectivity index (χ1v) is 4.10. The van der Waals surface area contributed by atoms with E-state index in [-0.39, 0.29) is 11.3 Å². The molecule has 0 aromatic carbocycles. The molecule has 2 heteroatoms. The van der Waals surface area contributed by atoms with Gasteiger partial charge in [0.2, 0.25) is 0 Å². The van der Waals surface area contributed by atoms with E-state index in [2.05, 4.69) is 6.58 Å². The smallest absolute Gasteiger partial charge is 0.156 e. The van der Waals surface area contributed by atoms with E-state index in [9.17, 15) is 4.79 Å². The Morgan fingerprint density at radius 1 is 1.55 bits per heavy atom. The molecule has 2 nitrogen and oxygen atoms in total. The predicted octanol–water partition coefficient (Wildman–Crippen LogP) is 1.40. The van der Waals surface area contributed by atoms with Crippen LogP contribution >= 0.6 is 0 Å². The SMILES string of the molecule is C=CC(=O)CC1(N)CCCC1. The monoisotopic (exact) mass is 153 g/mol. The molecule has 0 amide bonds. The Hall–Kier alpha value is -0.630. The van der Waals surface area contributed by atoms with E-state index in [0.29, 0.717) is 6.42 Å². The highest BCUT2D eigenvalue weighted by Crippen LogP contribution is 2.30. The van der Waals surface area contributed by atoms with E-state index in [1.54, 1.807) is 0 Å². The van der Waals surface area contributed by atoms with Gasteiger partial charge in [-0.1, -0.05) is 19.4 Å². The van der Waals surface area contributed by atoms with Crippen molar-refractivity contribution in [1.29, 1.82) is 0 Å². The second kappa shape index (κ2) is 3.18. The Labute approximate surface area is 67.5 Å². The van der Waals surface area contributed by atoms with Crippen molar-refractivity contribution >= 4 is 5.78 Å². The summed E-state index contributed by atoms with van der Waals surface area (Å²) in [5, 5.41) is 0. The highest BCUT2D eigenvalue weighted by Gasteiger charge is 2.30. The molecule has 0 bridgehead atoms. The predicted molar refractivity (Wildman–Crippen MR) is 45.2 cm³/mol. The van der Waals surface area contributed by atoms with E-state index < -0.39 is 0 Å². The molecule has 1 fully saturated rings. The van der Waals surface area contributed by atoms with Gasteiger partial charge < -0.3 is 5.73 Å². The largest absolute Gasteiger partial charge is 0.325 e. The van der Waals surface area contributed by atoms with Gasteiger partial charge in [0.05, 0.1) is 0 Å². The Balaban J connectivity index is 2.45. The van der Waals surface area contributed by atoms with Gasteiger partial charge in [0.15, 0.2) is 5.78 Å². The van der Waals surface area contributed by atoms with E-state index in [4.69, 9.17) is 5.73 Å². The average Bonchev–Trinajstić information content (AvgIpc) is 2.36. The Bertz CT molecular complexity index is 168. The zero-order chi connectivity index (χ0) is 8.32. The maximum Gasteiger partial charge on any atom is 0.156 e. The summed E-state index contributed by atoms with van der Waals surface area (Å²) in [6.45, 7) is 3.43. The lowest BCUT2D eigenvalue weighted by atomic mass is 9.92. The average molecular weight is 153 g/mol. The fourth-order valence-corrected chi connectivity index (χ4v) is 1.68. The van der Waals surface area contributed by atoms with Gasteiger partial charge >= 0.3 is 0 Å². The first-order valence-electron chi connectivity index (χ1n) is 4.10. The molecule has 0 saturated heterocycles. The van der Waals surface area contributed by atoms with Crippen LogP contribution in [0.2, 0.25) is 0 Å². The van der Waals surface area contributed by atoms with Crippen LogP contribution in [-0.4, -0.2) is 11.3 Å². The molecule has 0 radical (unpaired) electrons. The zero-order valence-corrected chi connectivity index (χ0v) is 6.81. The maximum absolute atomic E-state index is 11.0. The lowest BCUT2D eigenvalue weighted by Gasteiger charge is -2.21. The molecular formula is C9H15NO. The van der Waals surface area contributed by atoms with E-state index in [0.717, 1.165) is 12.8 Å². The van der Waals surface area contributed by atoms with Crippen LogP contribution in [0.5, 0.6) is 0 Å². The number of nitrogens with two attached hydrogens (primary N) is 1. The Kier molecular flexibility index (Phi) is 2.45. The molecule has 11 heavy (non-hydrogen) atoms. The van der Waals surface area contributed by atoms with Crippen LogP contribution in [0.3, 0.4) is 0 Å². The van der Waals surface area contributed by atoms with Crippen LogP contribution in [0.1, 0.15) is 32.1 Å². The summed E-state index contributed by atoms with van der Waals surface area (Å²) in [5.41, 5.74) is 5.76. The molecule has 1 saturated carbocycles. The topological polar surface area (TPSA) is 43.1 Å². The molecule has 1 rings (SSSR count). The van der Waals surface area contributed by atoms with Gasteiger partial charge in [-0.25, -0.2) is 0 Å². The van der Waals surface area contributed by atoms with Gasteiger partial charge in [-0.3, -0.25) is 4.79 Å². The molecule has 0 unspecified atom stereocenters. The normalized spacial score (nSPS) is 21.5. The molecule has 0 aromatic heterocycles. The number of carbonyl (C=O) groups excluding carboxylic acids is 1. The molecular weight excluding hydrogens is 138 g/mol. The molecule has 0 atom stereocenters. The van der Waals surface area contributed by atoms with Crippen molar-refractivity contribution < 1.29 is 4.79 Å². The summed E-state index contributed by atoms with van der Waals surface area (Å²) < 4.78 is 0. The molecule has 1 aliphatic carbocycles. The minimum Gasteiger partial charge on any atom is -0.325 e. The van der Waals surface area contributed by atoms with Gasteiger partial charge in [-0.15, -0.1) is 0 Å². The number of hydrogen-bond acceptors (Lipinski definition) is 2. The second-order valence-corrected chi connectivity index (χ2v) is 3.42. The number of hydrogen-bond donors (Lipinski definition) is 1. The van der Waals surface area contributed by atoms with Crippen molar-refractivity contribution in [2.24, 2.45) is 5.73 Å². The van der Waals surface area contributed by atoms with Gasteiger partial charge in [-0.2, -0.15) is 0 Å². The first-order chi connectivity index (χ1) is 5.16. The van der Waals surface area contributed by atoms with Crippen molar-refractivity contribution in [2.75, 3.05) is 0 Å². The van der Waals surface area contributed by atoms with Crippen molar-refractivity contribution in [3.05, 3.63) is 12.7 Å². The maximum atomic E-state index is 11.0. The van der Waals surface area contributed by atoms with Crippen molar-refractivity contribution in [1.82, 2.24) is 0 Å². The van der Waals surface area contributed by atoms with Gasteiger partial charge in [0, 0.05) is 12.0 Å². The van der Waals surface area contributed by atoms with Gasteiger partial charge in [0.1, 0.15) is 0 Å². The number of ketones is 1. The van der Waals surface area contributed by atoms with Gasteiger partial charge in [0.25, 0.3) is 0 Å². The first kappa shape index (κ1) is 8.47. The third kappa shape index (κ3) is 2.15. The third-order valence-corrected chi connectivity index (χ3v) is 2.35. The van der Waals surface area contributed by atoms with Crippen LogP contribution < -0.4 is 5.73 Å². The highest BCUT2D eigenvalue weighted by molar-refractivity contribution is 5.89. The number of allylic oxidation sites excluding steroid dienone is 1. The lowest BCUT2D eigenvalue weighted by Crippen LogP contribution is -2.38. The summed E-state index contributed by atoms with van der Waals surface area (Å²) >= 11 is 0. The molecule has 0 aliphatic heterocycles. The Morgan fingerprint density at radius 3 is 2.55 bits per heavy atom. The molecule has 0 heterocycles. The van der Waals surface area contributed by atoms with E-state index >= 15 is 0 Å². The van der Waals surface area contributed by atoms with Crippen LogP contribution in [0.15, 0.2) is 12.7 Å². The fraction of sp³-hybridized carbons (Fsp3) is 0.667. The summed E-state index contributed by atoms with van der Waals surface area (Å²) in [4.78, 5) is 11.0. The van der Waals surface area contributed by atoms with E-state index in [1.165, 1.54) is 18.9 Å². The summed E-state index contributed by atoms with van der Waals surface area (Å²) in [7, 11) is 0. The fourth-order valence-electron chi connectivity index (χ4n) is 1.68. The second-order valence-electron chi connectivity index (χ2n) is 3.42. The zero-order valence-electron chi connectivity index (χ0n) is 6.81. The minimum absolute atomic E-state index is 0.0781. The van der Waals surface area contributed by atoms with Gasteiger partial charge in [-0.05, 0) is 18.9 Å². The number of rotatable bonds is 3. The quantitative estimate of drug-likeness (QED) is 0.623. The third-order valence-electron chi connectivity index (χ3n) is 2.35. The van der Waals surface area contributed by atoms with Crippen molar-refractivity contribution in [3.8, 4) is 0 Å². The minimum atomic E-state index is -0.203.